The van der Waals surface area contributed by atoms with Gasteiger partial charge in [0.2, 0.25) is 0 Å². The molecule has 0 bridgehead atoms. The SMILES string of the molecule is COc1ccc(CCN)cc1OCCOc1cc(C)ccc1C(C)C. The number of hydrogen-bond acceptors (Lipinski definition) is 4. The van der Waals surface area contributed by atoms with E-state index in [0.29, 0.717) is 25.7 Å². The molecule has 0 aliphatic heterocycles. The van der Waals surface area contributed by atoms with Crippen LogP contribution >= 0.6 is 0 Å². The van der Waals surface area contributed by atoms with Crippen molar-refractivity contribution in [3.05, 3.63) is 53.1 Å². The summed E-state index contributed by atoms with van der Waals surface area (Å²) >= 11 is 0. The normalized spacial score (nSPS) is 10.8. The van der Waals surface area contributed by atoms with Gasteiger partial charge in [0.15, 0.2) is 11.5 Å². The fourth-order valence-electron chi connectivity index (χ4n) is 2.70. The molecule has 0 spiro atoms. The molecule has 0 atom stereocenters. The Labute approximate surface area is 150 Å². The van der Waals surface area contributed by atoms with E-state index in [2.05, 4.69) is 39.0 Å². The number of hydrogen-bond donors (Lipinski definition) is 1. The van der Waals surface area contributed by atoms with Gasteiger partial charge in [-0.1, -0.05) is 32.0 Å². The molecule has 4 heteroatoms. The molecule has 0 amide bonds. The Morgan fingerprint density at radius 2 is 1.64 bits per heavy atom. The number of benzene rings is 2. The van der Waals surface area contributed by atoms with Gasteiger partial charge in [-0.2, -0.15) is 0 Å². The summed E-state index contributed by atoms with van der Waals surface area (Å²) < 4.78 is 17.2. The fraction of sp³-hybridized carbons (Fsp3) is 0.429. The van der Waals surface area contributed by atoms with Gasteiger partial charge < -0.3 is 19.9 Å². The standard InChI is InChI=1S/C21H29NO3/c1-15(2)18-7-5-16(3)13-20(18)24-11-12-25-21-14-17(9-10-22)6-8-19(21)23-4/h5-8,13-15H,9-12,22H2,1-4H3. The van der Waals surface area contributed by atoms with E-state index in [4.69, 9.17) is 19.9 Å². The maximum atomic E-state index is 5.97. The van der Waals surface area contributed by atoms with Crippen LogP contribution < -0.4 is 19.9 Å². The summed E-state index contributed by atoms with van der Waals surface area (Å²) in [6, 6.07) is 12.2. The van der Waals surface area contributed by atoms with E-state index in [9.17, 15) is 0 Å². The lowest BCUT2D eigenvalue weighted by molar-refractivity contribution is 0.209. The van der Waals surface area contributed by atoms with Gasteiger partial charge in [-0.3, -0.25) is 0 Å². The minimum Gasteiger partial charge on any atom is -0.493 e. The molecule has 2 aromatic carbocycles. The van der Waals surface area contributed by atoms with Crippen LogP contribution in [0.25, 0.3) is 0 Å². The lowest BCUT2D eigenvalue weighted by Crippen LogP contribution is -2.11. The maximum absolute atomic E-state index is 5.97. The molecule has 0 aliphatic carbocycles. The van der Waals surface area contributed by atoms with Crippen LogP contribution in [0.15, 0.2) is 36.4 Å². The van der Waals surface area contributed by atoms with Crippen LogP contribution in [0.2, 0.25) is 0 Å². The Hall–Kier alpha value is -2.20. The fourth-order valence-corrected chi connectivity index (χ4v) is 2.70. The third kappa shape index (κ3) is 5.40. The van der Waals surface area contributed by atoms with Crippen molar-refractivity contribution in [1.29, 1.82) is 0 Å². The zero-order valence-corrected chi connectivity index (χ0v) is 15.7. The summed E-state index contributed by atoms with van der Waals surface area (Å²) in [7, 11) is 1.64. The van der Waals surface area contributed by atoms with Gasteiger partial charge >= 0.3 is 0 Å². The average Bonchev–Trinajstić information content (AvgIpc) is 2.59. The molecule has 0 aromatic heterocycles. The van der Waals surface area contributed by atoms with E-state index in [1.54, 1.807) is 7.11 Å². The number of rotatable bonds is 9. The molecule has 4 nitrogen and oxygen atoms in total. The Bertz CT molecular complexity index is 683. The van der Waals surface area contributed by atoms with Gasteiger partial charge in [0.25, 0.3) is 0 Å². The molecule has 0 fully saturated rings. The van der Waals surface area contributed by atoms with Crippen molar-refractivity contribution in [2.75, 3.05) is 26.9 Å². The molecule has 0 saturated carbocycles. The summed E-state index contributed by atoms with van der Waals surface area (Å²) in [6.07, 6.45) is 0.817. The second-order valence-electron chi connectivity index (χ2n) is 6.42. The molecule has 0 saturated heterocycles. The molecule has 0 heterocycles. The van der Waals surface area contributed by atoms with Gasteiger partial charge in [0.05, 0.1) is 7.11 Å². The van der Waals surface area contributed by atoms with Crippen molar-refractivity contribution in [1.82, 2.24) is 0 Å². The van der Waals surface area contributed by atoms with Gasteiger partial charge in [-0.05, 0) is 60.7 Å². The average molecular weight is 343 g/mol. The van der Waals surface area contributed by atoms with Crippen LogP contribution in [0.5, 0.6) is 17.2 Å². The van der Waals surface area contributed by atoms with Crippen LogP contribution in [-0.4, -0.2) is 26.9 Å². The molecule has 0 radical (unpaired) electrons. The van der Waals surface area contributed by atoms with E-state index < -0.39 is 0 Å². The predicted molar refractivity (Wildman–Crippen MR) is 102 cm³/mol. The molecule has 0 unspecified atom stereocenters. The molecular formula is C21H29NO3. The first-order valence-corrected chi connectivity index (χ1v) is 8.78. The van der Waals surface area contributed by atoms with Crippen LogP contribution in [-0.2, 0) is 6.42 Å². The van der Waals surface area contributed by atoms with E-state index in [0.717, 1.165) is 29.2 Å². The van der Waals surface area contributed by atoms with E-state index in [-0.39, 0.29) is 0 Å². The largest absolute Gasteiger partial charge is 0.493 e. The maximum Gasteiger partial charge on any atom is 0.161 e. The smallest absolute Gasteiger partial charge is 0.161 e. The van der Waals surface area contributed by atoms with Crippen LogP contribution in [0.3, 0.4) is 0 Å². The van der Waals surface area contributed by atoms with Gasteiger partial charge in [0.1, 0.15) is 19.0 Å². The number of aryl methyl sites for hydroxylation is 1. The highest BCUT2D eigenvalue weighted by Gasteiger charge is 2.09. The van der Waals surface area contributed by atoms with E-state index in [1.807, 2.05) is 18.2 Å². The third-order valence-corrected chi connectivity index (χ3v) is 4.05. The minimum atomic E-state index is 0.421. The Morgan fingerprint density at radius 1 is 0.920 bits per heavy atom. The van der Waals surface area contributed by atoms with Gasteiger partial charge in [-0.25, -0.2) is 0 Å². The lowest BCUT2D eigenvalue weighted by atomic mass is 10.0. The highest BCUT2D eigenvalue weighted by Crippen LogP contribution is 2.29. The van der Waals surface area contributed by atoms with E-state index >= 15 is 0 Å². The summed E-state index contributed by atoms with van der Waals surface area (Å²) in [5, 5.41) is 0. The first-order valence-electron chi connectivity index (χ1n) is 8.78. The monoisotopic (exact) mass is 343 g/mol. The summed E-state index contributed by atoms with van der Waals surface area (Å²) in [5.74, 6) is 2.80. The van der Waals surface area contributed by atoms with Crippen LogP contribution in [0.1, 0.15) is 36.5 Å². The zero-order chi connectivity index (χ0) is 18.2. The molecule has 0 aliphatic rings. The lowest BCUT2D eigenvalue weighted by Gasteiger charge is -2.16. The molecule has 25 heavy (non-hydrogen) atoms. The van der Waals surface area contributed by atoms with Gasteiger partial charge in [-0.15, -0.1) is 0 Å². The Balaban J connectivity index is 1.97. The molecule has 2 rings (SSSR count). The highest BCUT2D eigenvalue weighted by atomic mass is 16.5. The van der Waals surface area contributed by atoms with Crippen molar-refractivity contribution in [3.8, 4) is 17.2 Å². The van der Waals surface area contributed by atoms with Crippen molar-refractivity contribution >= 4 is 0 Å². The molecule has 2 N–H and O–H groups in total. The first kappa shape index (κ1) is 19.1. The predicted octanol–water partition coefficient (Wildman–Crippen LogP) is 4.09. The molecule has 2 aromatic rings. The minimum absolute atomic E-state index is 0.421. The van der Waals surface area contributed by atoms with Crippen molar-refractivity contribution < 1.29 is 14.2 Å². The van der Waals surface area contributed by atoms with Crippen molar-refractivity contribution in [3.63, 3.8) is 0 Å². The number of nitrogens with two attached hydrogens (primary N) is 1. The second kappa shape index (κ2) is 9.33. The third-order valence-electron chi connectivity index (χ3n) is 4.05. The Kier molecular flexibility index (Phi) is 7.14. The summed E-state index contributed by atoms with van der Waals surface area (Å²) in [4.78, 5) is 0. The second-order valence-corrected chi connectivity index (χ2v) is 6.42. The van der Waals surface area contributed by atoms with Crippen LogP contribution in [0.4, 0.5) is 0 Å². The summed E-state index contributed by atoms with van der Waals surface area (Å²) in [6.45, 7) is 7.95. The molecule has 136 valence electrons. The van der Waals surface area contributed by atoms with Crippen LogP contribution in [0, 0.1) is 6.92 Å². The molecular weight excluding hydrogens is 314 g/mol. The highest BCUT2D eigenvalue weighted by molar-refractivity contribution is 5.43. The number of methoxy groups -OCH3 is 1. The quantitative estimate of drug-likeness (QED) is 0.697. The van der Waals surface area contributed by atoms with Crippen molar-refractivity contribution in [2.24, 2.45) is 5.73 Å². The zero-order valence-electron chi connectivity index (χ0n) is 15.7. The topological polar surface area (TPSA) is 53.7 Å². The first-order chi connectivity index (χ1) is 12.0. The van der Waals surface area contributed by atoms with E-state index in [1.165, 1.54) is 11.1 Å². The van der Waals surface area contributed by atoms with Gasteiger partial charge in [0, 0.05) is 0 Å². The number of ether oxygens (including phenoxy) is 3. The van der Waals surface area contributed by atoms with Crippen molar-refractivity contribution in [2.45, 2.75) is 33.1 Å². The summed E-state index contributed by atoms with van der Waals surface area (Å²) in [5.41, 5.74) is 9.17. The Morgan fingerprint density at radius 3 is 2.28 bits per heavy atom.